The summed E-state index contributed by atoms with van der Waals surface area (Å²) in [6.07, 6.45) is 3.80. The van der Waals surface area contributed by atoms with E-state index in [0.29, 0.717) is 18.7 Å². The van der Waals surface area contributed by atoms with Crippen molar-refractivity contribution in [3.05, 3.63) is 59.3 Å². The third-order valence-electron chi connectivity index (χ3n) is 4.25. The summed E-state index contributed by atoms with van der Waals surface area (Å²) in [6, 6.07) is 7.51. The lowest BCUT2D eigenvalue weighted by atomic mass is 10.2. The maximum absolute atomic E-state index is 12.3. The first-order valence-electron chi connectivity index (χ1n) is 8.52. The molecule has 0 aliphatic heterocycles. The average Bonchev–Trinajstić information content (AvgIpc) is 3.16. The SMILES string of the molecule is CCOC(=O)c1cc(C)n(CC(=O)NCc2cn3ccccc3n2)c1C. The van der Waals surface area contributed by atoms with Crippen molar-refractivity contribution < 1.29 is 14.3 Å². The summed E-state index contributed by atoms with van der Waals surface area (Å²) in [5, 5.41) is 2.87. The highest BCUT2D eigenvalue weighted by Crippen LogP contribution is 2.16. The Hall–Kier alpha value is -3.09. The van der Waals surface area contributed by atoms with Crippen LogP contribution in [0.3, 0.4) is 0 Å². The maximum Gasteiger partial charge on any atom is 0.339 e. The first-order valence-corrected chi connectivity index (χ1v) is 8.52. The number of hydrogen-bond donors (Lipinski definition) is 1. The van der Waals surface area contributed by atoms with Crippen LogP contribution in [0.2, 0.25) is 0 Å². The number of pyridine rings is 1. The van der Waals surface area contributed by atoms with Crippen molar-refractivity contribution in [1.82, 2.24) is 19.3 Å². The predicted molar refractivity (Wildman–Crippen MR) is 96.9 cm³/mol. The first kappa shape index (κ1) is 17.7. The number of hydrogen-bond acceptors (Lipinski definition) is 4. The van der Waals surface area contributed by atoms with E-state index in [-0.39, 0.29) is 18.4 Å². The highest BCUT2D eigenvalue weighted by Gasteiger charge is 2.18. The number of amides is 1. The van der Waals surface area contributed by atoms with Crippen LogP contribution in [0.1, 0.15) is 34.4 Å². The van der Waals surface area contributed by atoms with Crippen molar-refractivity contribution in [3.8, 4) is 0 Å². The minimum Gasteiger partial charge on any atom is -0.462 e. The molecular weight excluding hydrogens is 332 g/mol. The van der Waals surface area contributed by atoms with Crippen LogP contribution in [0.5, 0.6) is 0 Å². The third kappa shape index (κ3) is 3.61. The van der Waals surface area contributed by atoms with Gasteiger partial charge in [0.05, 0.1) is 24.4 Å². The summed E-state index contributed by atoms with van der Waals surface area (Å²) in [5.41, 5.74) is 3.69. The molecule has 0 saturated heterocycles. The lowest BCUT2D eigenvalue weighted by molar-refractivity contribution is -0.121. The highest BCUT2D eigenvalue weighted by molar-refractivity contribution is 5.91. The van der Waals surface area contributed by atoms with Gasteiger partial charge in [0.15, 0.2) is 0 Å². The number of aromatic nitrogens is 3. The Morgan fingerprint density at radius 2 is 2.08 bits per heavy atom. The molecule has 136 valence electrons. The molecule has 1 N–H and O–H groups in total. The van der Waals surface area contributed by atoms with Crippen LogP contribution in [0.25, 0.3) is 5.65 Å². The van der Waals surface area contributed by atoms with E-state index in [0.717, 1.165) is 22.7 Å². The number of aryl methyl sites for hydroxylation is 1. The van der Waals surface area contributed by atoms with Gasteiger partial charge in [-0.3, -0.25) is 4.79 Å². The van der Waals surface area contributed by atoms with Gasteiger partial charge in [-0.25, -0.2) is 9.78 Å². The molecule has 0 aromatic carbocycles. The number of rotatable bonds is 6. The summed E-state index contributed by atoms with van der Waals surface area (Å²) in [4.78, 5) is 28.7. The van der Waals surface area contributed by atoms with Crippen molar-refractivity contribution in [2.75, 3.05) is 6.61 Å². The number of esters is 1. The molecule has 3 rings (SSSR count). The smallest absolute Gasteiger partial charge is 0.339 e. The molecule has 0 saturated carbocycles. The predicted octanol–water partition coefficient (Wildman–Crippen LogP) is 2.25. The van der Waals surface area contributed by atoms with Crippen molar-refractivity contribution in [2.45, 2.75) is 33.9 Å². The third-order valence-corrected chi connectivity index (χ3v) is 4.25. The normalized spacial score (nSPS) is 10.9. The van der Waals surface area contributed by atoms with E-state index in [1.807, 2.05) is 53.4 Å². The Balaban J connectivity index is 1.65. The lowest BCUT2D eigenvalue weighted by Crippen LogP contribution is -2.28. The number of nitrogens with zero attached hydrogens (tertiary/aromatic N) is 3. The number of ether oxygens (including phenoxy) is 1. The molecule has 0 aliphatic rings. The molecule has 7 heteroatoms. The second-order valence-corrected chi connectivity index (χ2v) is 6.07. The fraction of sp³-hybridized carbons (Fsp3) is 0.316. The molecule has 3 heterocycles. The summed E-state index contributed by atoms with van der Waals surface area (Å²) in [6.45, 7) is 6.26. The van der Waals surface area contributed by atoms with E-state index in [4.69, 9.17) is 4.74 Å². The van der Waals surface area contributed by atoms with Gasteiger partial charge in [0.25, 0.3) is 0 Å². The number of carbonyl (C=O) groups is 2. The second-order valence-electron chi connectivity index (χ2n) is 6.07. The van der Waals surface area contributed by atoms with Gasteiger partial charge in [-0.05, 0) is 39.0 Å². The zero-order valence-corrected chi connectivity index (χ0v) is 15.2. The zero-order chi connectivity index (χ0) is 18.7. The zero-order valence-electron chi connectivity index (χ0n) is 15.2. The van der Waals surface area contributed by atoms with Crippen LogP contribution in [0.15, 0.2) is 36.7 Å². The van der Waals surface area contributed by atoms with E-state index in [2.05, 4.69) is 10.3 Å². The van der Waals surface area contributed by atoms with E-state index in [1.165, 1.54) is 0 Å². The number of fused-ring (bicyclic) bond motifs is 1. The monoisotopic (exact) mass is 354 g/mol. The van der Waals surface area contributed by atoms with Crippen LogP contribution in [0, 0.1) is 13.8 Å². The first-order chi connectivity index (χ1) is 12.5. The molecule has 0 spiro atoms. The molecule has 7 nitrogen and oxygen atoms in total. The molecule has 26 heavy (non-hydrogen) atoms. The number of carbonyl (C=O) groups excluding carboxylic acids is 2. The molecule has 0 atom stereocenters. The summed E-state index contributed by atoms with van der Waals surface area (Å²) >= 11 is 0. The standard InChI is InChI=1S/C19H22N4O3/c1-4-26-19(25)16-9-13(2)23(14(16)3)12-18(24)20-10-15-11-22-8-6-5-7-17(22)21-15/h5-9,11H,4,10,12H2,1-3H3,(H,20,24). The lowest BCUT2D eigenvalue weighted by Gasteiger charge is -2.10. The highest BCUT2D eigenvalue weighted by atomic mass is 16.5. The van der Waals surface area contributed by atoms with Crippen LogP contribution in [-0.2, 0) is 22.6 Å². The van der Waals surface area contributed by atoms with Crippen LogP contribution in [0.4, 0.5) is 0 Å². The molecule has 3 aromatic rings. The van der Waals surface area contributed by atoms with Gasteiger partial charge >= 0.3 is 5.97 Å². The van der Waals surface area contributed by atoms with Gasteiger partial charge in [-0.15, -0.1) is 0 Å². The minimum absolute atomic E-state index is 0.140. The van der Waals surface area contributed by atoms with Crippen LogP contribution >= 0.6 is 0 Å². The maximum atomic E-state index is 12.3. The fourth-order valence-corrected chi connectivity index (χ4v) is 2.92. The Morgan fingerprint density at radius 1 is 1.27 bits per heavy atom. The summed E-state index contributed by atoms with van der Waals surface area (Å²) < 4.78 is 8.77. The van der Waals surface area contributed by atoms with Crippen LogP contribution in [-0.4, -0.2) is 32.4 Å². The van der Waals surface area contributed by atoms with E-state index in [1.54, 1.807) is 13.0 Å². The molecule has 0 aliphatic carbocycles. The Kier molecular flexibility index (Phi) is 5.06. The Labute approximate surface area is 151 Å². The molecule has 3 aromatic heterocycles. The Morgan fingerprint density at radius 3 is 2.81 bits per heavy atom. The fourth-order valence-electron chi connectivity index (χ4n) is 2.92. The molecule has 1 amide bonds. The molecule has 0 fully saturated rings. The van der Waals surface area contributed by atoms with Gasteiger partial charge in [-0.2, -0.15) is 0 Å². The largest absolute Gasteiger partial charge is 0.462 e. The quantitative estimate of drug-likeness (QED) is 0.689. The summed E-state index contributed by atoms with van der Waals surface area (Å²) in [5.74, 6) is -0.503. The topological polar surface area (TPSA) is 77.6 Å². The number of nitrogens with one attached hydrogen (secondary N) is 1. The molecule has 0 bridgehead atoms. The molecular formula is C19H22N4O3. The van der Waals surface area contributed by atoms with E-state index >= 15 is 0 Å². The minimum atomic E-state index is -0.364. The molecule has 0 radical (unpaired) electrons. The molecule has 0 unspecified atom stereocenters. The van der Waals surface area contributed by atoms with Crippen molar-refractivity contribution in [1.29, 1.82) is 0 Å². The average molecular weight is 354 g/mol. The van der Waals surface area contributed by atoms with Crippen molar-refractivity contribution in [2.24, 2.45) is 0 Å². The van der Waals surface area contributed by atoms with Gasteiger partial charge in [0, 0.05) is 23.8 Å². The summed E-state index contributed by atoms with van der Waals surface area (Å²) in [7, 11) is 0. The van der Waals surface area contributed by atoms with Crippen molar-refractivity contribution >= 4 is 17.5 Å². The van der Waals surface area contributed by atoms with E-state index in [9.17, 15) is 9.59 Å². The van der Waals surface area contributed by atoms with Crippen LogP contribution < -0.4 is 5.32 Å². The second kappa shape index (κ2) is 7.43. The van der Waals surface area contributed by atoms with Gasteiger partial charge in [0.2, 0.25) is 5.91 Å². The van der Waals surface area contributed by atoms with Gasteiger partial charge in [0.1, 0.15) is 12.2 Å². The van der Waals surface area contributed by atoms with E-state index < -0.39 is 0 Å². The van der Waals surface area contributed by atoms with Crippen molar-refractivity contribution in [3.63, 3.8) is 0 Å². The van der Waals surface area contributed by atoms with Gasteiger partial charge in [-0.1, -0.05) is 6.07 Å². The van der Waals surface area contributed by atoms with Gasteiger partial charge < -0.3 is 19.0 Å². The Bertz CT molecular complexity index is 922. The number of imidazole rings is 1.